The van der Waals surface area contributed by atoms with Crippen LogP contribution in [0.5, 0.6) is 0 Å². The first-order valence-electron chi connectivity index (χ1n) is 10.8. The molecular formula is C25H28F3N3O3. The number of methoxy groups -OCH3 is 1. The lowest BCUT2D eigenvalue weighted by Gasteiger charge is -2.44. The van der Waals surface area contributed by atoms with Gasteiger partial charge in [-0.15, -0.1) is 0 Å². The minimum atomic E-state index is -1.62. The molecule has 0 bridgehead atoms. The Bertz CT molecular complexity index is 1110. The van der Waals surface area contributed by atoms with Crippen molar-refractivity contribution in [2.24, 2.45) is 0 Å². The summed E-state index contributed by atoms with van der Waals surface area (Å²) in [6, 6.07) is 5.95. The van der Waals surface area contributed by atoms with Gasteiger partial charge >= 0.3 is 5.97 Å². The van der Waals surface area contributed by atoms with Gasteiger partial charge in [0.1, 0.15) is 23.1 Å². The van der Waals surface area contributed by atoms with Crippen molar-refractivity contribution in [3.63, 3.8) is 0 Å². The third-order valence-electron chi connectivity index (χ3n) is 5.80. The minimum absolute atomic E-state index is 0.0586. The van der Waals surface area contributed by atoms with Gasteiger partial charge in [-0.3, -0.25) is 21.0 Å². The number of benzene rings is 2. The third-order valence-corrected chi connectivity index (χ3v) is 5.80. The second-order valence-corrected chi connectivity index (χ2v) is 9.00. The Labute approximate surface area is 196 Å². The normalized spacial score (nSPS) is 18.6. The fourth-order valence-electron chi connectivity index (χ4n) is 4.33. The molecule has 3 rings (SSSR count). The topological polar surface area (TPSA) is 85.7 Å². The van der Waals surface area contributed by atoms with E-state index in [9.17, 15) is 9.18 Å². The molecule has 0 fully saturated rings. The zero-order chi connectivity index (χ0) is 25.2. The number of nitrogens with one attached hydrogen (secondary N) is 2. The van der Waals surface area contributed by atoms with Gasteiger partial charge in [-0.25, -0.2) is 18.0 Å². The first-order valence-corrected chi connectivity index (χ1v) is 10.8. The van der Waals surface area contributed by atoms with Crippen molar-refractivity contribution in [1.82, 2.24) is 10.4 Å². The van der Waals surface area contributed by atoms with Gasteiger partial charge in [-0.1, -0.05) is 12.1 Å². The van der Waals surface area contributed by atoms with Crippen LogP contribution in [0.4, 0.5) is 13.2 Å². The summed E-state index contributed by atoms with van der Waals surface area (Å²) in [5.74, 6) is -2.52. The monoisotopic (exact) mass is 475 g/mol. The Morgan fingerprint density at radius 3 is 2.50 bits per heavy atom. The number of ether oxygens (including phenoxy) is 1. The zero-order valence-electron chi connectivity index (χ0n) is 19.5. The lowest BCUT2D eigenvalue weighted by atomic mass is 9.83. The average Bonchev–Trinajstić information content (AvgIpc) is 2.77. The van der Waals surface area contributed by atoms with E-state index in [2.05, 4.69) is 4.74 Å². The maximum absolute atomic E-state index is 15.4. The van der Waals surface area contributed by atoms with Crippen molar-refractivity contribution >= 4 is 17.9 Å². The number of fused-ring (bicyclic) bond motifs is 1. The molecule has 1 aliphatic heterocycles. The van der Waals surface area contributed by atoms with Crippen LogP contribution < -0.4 is 5.48 Å². The van der Waals surface area contributed by atoms with E-state index in [-0.39, 0.29) is 29.5 Å². The van der Waals surface area contributed by atoms with Crippen molar-refractivity contribution in [3.8, 4) is 0 Å². The maximum atomic E-state index is 15.4. The summed E-state index contributed by atoms with van der Waals surface area (Å²) >= 11 is 0. The number of carbonyl (C=O) groups excluding carboxylic acids is 1. The van der Waals surface area contributed by atoms with Gasteiger partial charge in [-0.2, -0.15) is 0 Å². The second-order valence-electron chi connectivity index (χ2n) is 9.00. The molecule has 3 N–H and O–H groups in total. The molecule has 0 unspecified atom stereocenters. The average molecular weight is 476 g/mol. The fraction of sp³-hybridized carbons (Fsp3) is 0.360. The van der Waals surface area contributed by atoms with E-state index in [1.807, 2.05) is 6.92 Å². The summed E-state index contributed by atoms with van der Waals surface area (Å²) in [6.45, 7) is 4.62. The van der Waals surface area contributed by atoms with Gasteiger partial charge in [0.15, 0.2) is 0 Å². The molecule has 0 spiro atoms. The molecule has 2 aromatic rings. The highest BCUT2D eigenvalue weighted by Gasteiger charge is 2.39. The molecule has 2 atom stereocenters. The highest BCUT2D eigenvalue weighted by molar-refractivity contribution is 5.95. The fourth-order valence-corrected chi connectivity index (χ4v) is 4.33. The van der Waals surface area contributed by atoms with Gasteiger partial charge < -0.3 is 4.74 Å². The lowest BCUT2D eigenvalue weighted by Crippen LogP contribution is -2.48. The molecule has 182 valence electrons. The third kappa shape index (κ3) is 5.48. The number of hydrogen-bond acceptors (Lipinski definition) is 5. The number of esters is 1. The largest absolute Gasteiger partial charge is 0.466 e. The summed E-state index contributed by atoms with van der Waals surface area (Å²) in [6.07, 6.45) is 2.79. The number of carbonyl (C=O) groups is 1. The van der Waals surface area contributed by atoms with Crippen molar-refractivity contribution in [3.05, 3.63) is 75.9 Å². The quantitative estimate of drug-likeness (QED) is 0.188. The van der Waals surface area contributed by atoms with Crippen LogP contribution in [0.25, 0.3) is 6.08 Å². The molecule has 1 aliphatic rings. The molecule has 9 heteroatoms. The molecule has 0 saturated heterocycles. The first kappa shape index (κ1) is 25.5. The van der Waals surface area contributed by atoms with E-state index in [0.717, 1.165) is 23.8 Å². The molecule has 0 saturated carbocycles. The van der Waals surface area contributed by atoms with Crippen LogP contribution >= 0.6 is 0 Å². The predicted octanol–water partition coefficient (Wildman–Crippen LogP) is 4.54. The van der Waals surface area contributed by atoms with Crippen molar-refractivity contribution in [2.45, 2.75) is 44.9 Å². The number of alkyl halides is 1. The number of halogens is 3. The second kappa shape index (κ2) is 9.99. The van der Waals surface area contributed by atoms with E-state index < -0.39 is 29.3 Å². The Balaban J connectivity index is 2.16. The zero-order valence-corrected chi connectivity index (χ0v) is 19.5. The Kier molecular flexibility index (Phi) is 7.48. The summed E-state index contributed by atoms with van der Waals surface area (Å²) < 4.78 is 50.1. The molecule has 1 heterocycles. The summed E-state index contributed by atoms with van der Waals surface area (Å²) in [5.41, 5.74) is 1.84. The predicted molar refractivity (Wildman–Crippen MR) is 123 cm³/mol. The van der Waals surface area contributed by atoms with Crippen molar-refractivity contribution in [1.29, 1.82) is 5.41 Å². The number of hydrogen-bond donors (Lipinski definition) is 3. The van der Waals surface area contributed by atoms with Crippen LogP contribution in [0.3, 0.4) is 0 Å². The summed E-state index contributed by atoms with van der Waals surface area (Å²) in [4.78, 5) is 13.1. The van der Waals surface area contributed by atoms with Gasteiger partial charge in [0.05, 0.1) is 13.2 Å². The summed E-state index contributed by atoms with van der Waals surface area (Å²) in [5, 5.41) is 16.9. The van der Waals surface area contributed by atoms with Crippen LogP contribution in [-0.4, -0.2) is 47.3 Å². The number of nitrogens with zero attached hydrogens (tertiary/aromatic N) is 1. The molecule has 34 heavy (non-hydrogen) atoms. The molecule has 0 aliphatic carbocycles. The lowest BCUT2D eigenvalue weighted by molar-refractivity contribution is -0.134. The van der Waals surface area contributed by atoms with E-state index in [1.165, 1.54) is 27.0 Å². The smallest absolute Gasteiger partial charge is 0.330 e. The highest BCUT2D eigenvalue weighted by atomic mass is 19.1. The van der Waals surface area contributed by atoms with Crippen LogP contribution in [0.1, 0.15) is 54.6 Å². The van der Waals surface area contributed by atoms with Gasteiger partial charge in [0.2, 0.25) is 0 Å². The molecule has 2 aromatic carbocycles. The molecule has 0 radical (unpaired) electrons. The number of hydroxylamine groups is 1. The molecular weight excluding hydrogens is 447 g/mol. The van der Waals surface area contributed by atoms with E-state index in [0.29, 0.717) is 17.5 Å². The Morgan fingerprint density at radius 2 is 1.94 bits per heavy atom. The molecule has 6 nitrogen and oxygen atoms in total. The molecule has 0 aromatic heterocycles. The van der Waals surface area contributed by atoms with E-state index in [4.69, 9.17) is 10.6 Å². The minimum Gasteiger partial charge on any atom is -0.466 e. The van der Waals surface area contributed by atoms with Gasteiger partial charge in [-0.05, 0) is 68.2 Å². The van der Waals surface area contributed by atoms with Crippen molar-refractivity contribution < 1.29 is 27.9 Å². The SMILES string of the molecule is COC(=O)/C=C/c1cc(F)c([C@@H]2c3ccc(C(=N)NO)cc3C[C@@H](C)N2CC(C)(C)F)c(F)c1. The Hall–Kier alpha value is -3.17. The first-order chi connectivity index (χ1) is 15.9. The highest BCUT2D eigenvalue weighted by Crippen LogP contribution is 2.41. The van der Waals surface area contributed by atoms with Crippen LogP contribution in [0, 0.1) is 17.0 Å². The Morgan fingerprint density at radius 1 is 1.29 bits per heavy atom. The van der Waals surface area contributed by atoms with Crippen LogP contribution in [0.15, 0.2) is 36.4 Å². The summed E-state index contributed by atoms with van der Waals surface area (Å²) in [7, 11) is 1.20. The van der Waals surface area contributed by atoms with Crippen LogP contribution in [0.2, 0.25) is 0 Å². The number of rotatable bonds is 6. The molecule has 0 amide bonds. The maximum Gasteiger partial charge on any atom is 0.330 e. The van der Waals surface area contributed by atoms with Gasteiger partial charge in [0.25, 0.3) is 0 Å². The van der Waals surface area contributed by atoms with Crippen molar-refractivity contribution in [2.75, 3.05) is 13.7 Å². The van der Waals surface area contributed by atoms with E-state index >= 15 is 8.78 Å². The van der Waals surface area contributed by atoms with E-state index in [1.54, 1.807) is 28.6 Å². The standard InChI is InChI=1S/C25H28F3N3O3/c1-14-9-17-12-16(24(29)30-33)6-7-18(17)23(31(14)13-25(2,3)28)22-19(26)10-15(11-20(22)27)5-8-21(32)34-4/h5-8,10-12,14,23,33H,9,13H2,1-4H3,(H2,29,30)/b8-5+/t14-,23+/m1/s1. The van der Waals surface area contributed by atoms with Gasteiger partial charge in [0, 0.05) is 29.8 Å². The van der Waals surface area contributed by atoms with Crippen LogP contribution in [-0.2, 0) is 16.0 Å². The number of amidine groups is 1.